The molecule has 3 nitrogen and oxygen atoms in total. The second-order valence-corrected chi connectivity index (χ2v) is 6.45. The molecule has 0 N–H and O–H groups in total. The summed E-state index contributed by atoms with van der Waals surface area (Å²) in [4.78, 5) is -0.159. The van der Waals surface area contributed by atoms with Crippen LogP contribution in [0.15, 0.2) is 29.2 Å². The minimum Gasteiger partial charge on any atom is -0.744 e. The second kappa shape index (κ2) is 7.83. The first-order chi connectivity index (χ1) is 6.93. The van der Waals surface area contributed by atoms with Gasteiger partial charge in [0.2, 0.25) is 0 Å². The van der Waals surface area contributed by atoms with Crippen LogP contribution >= 0.6 is 22.6 Å². The third kappa shape index (κ3) is 5.90. The maximum absolute atomic E-state index is 10.7. The van der Waals surface area contributed by atoms with Gasteiger partial charge in [-0.2, -0.15) is 0 Å². The van der Waals surface area contributed by atoms with Gasteiger partial charge in [0, 0.05) is 3.92 Å². The van der Waals surface area contributed by atoms with Gasteiger partial charge in [-0.25, -0.2) is 8.42 Å². The average Bonchev–Trinajstić information content (AvgIpc) is 2.17. The fraction of sp³-hybridized carbons (Fsp3) is 0.400. The van der Waals surface area contributed by atoms with Crippen LogP contribution in [-0.2, 0) is 16.5 Å². The molecule has 0 spiro atoms. The molecule has 1 aromatic carbocycles. The van der Waals surface area contributed by atoms with E-state index in [1.54, 1.807) is 12.1 Å². The normalized spacial score (nSPS) is 12.9. The Hall–Kier alpha value is 1.50. The fourth-order valence-corrected chi connectivity index (χ4v) is 2.17. The molecule has 0 aromatic heterocycles. The summed E-state index contributed by atoms with van der Waals surface area (Å²) in [5, 5.41) is 0. The van der Waals surface area contributed by atoms with E-state index in [2.05, 4.69) is 29.5 Å². The molecule has 16 heavy (non-hydrogen) atoms. The Bertz CT molecular complexity index is 416. The molecule has 0 bridgehead atoms. The molecule has 0 fully saturated rings. The average molecular weight is 378 g/mol. The van der Waals surface area contributed by atoms with Crippen molar-refractivity contribution in [3.8, 4) is 0 Å². The standard InChI is InChI=1S/C10H13IO3S.K/c1-2-9(11)7-8-3-5-10(6-4-8)15(12,13)14;/h3-6,9H,2,7H2,1H3,(H,12,13,14);/q;+1/p-1. The number of halogens is 1. The molecule has 0 amide bonds. The molecule has 0 saturated heterocycles. The Morgan fingerprint density at radius 2 is 1.81 bits per heavy atom. The summed E-state index contributed by atoms with van der Waals surface area (Å²) in [5.41, 5.74) is 1.06. The monoisotopic (exact) mass is 378 g/mol. The van der Waals surface area contributed by atoms with Crippen LogP contribution in [0.5, 0.6) is 0 Å². The van der Waals surface area contributed by atoms with Gasteiger partial charge < -0.3 is 4.55 Å². The van der Waals surface area contributed by atoms with Gasteiger partial charge >= 0.3 is 51.4 Å². The third-order valence-electron chi connectivity index (χ3n) is 2.11. The van der Waals surface area contributed by atoms with Crippen molar-refractivity contribution in [2.75, 3.05) is 0 Å². The summed E-state index contributed by atoms with van der Waals surface area (Å²) in [7, 11) is -4.31. The summed E-state index contributed by atoms with van der Waals surface area (Å²) in [5.74, 6) is 0. The molecule has 84 valence electrons. The van der Waals surface area contributed by atoms with Crippen LogP contribution in [0.1, 0.15) is 18.9 Å². The van der Waals surface area contributed by atoms with Gasteiger partial charge in [0.1, 0.15) is 10.1 Å². The van der Waals surface area contributed by atoms with E-state index >= 15 is 0 Å². The fourth-order valence-electron chi connectivity index (χ4n) is 1.19. The molecule has 0 aliphatic carbocycles. The van der Waals surface area contributed by atoms with Crippen molar-refractivity contribution in [3.05, 3.63) is 29.8 Å². The summed E-state index contributed by atoms with van der Waals surface area (Å²) in [6, 6.07) is 6.14. The van der Waals surface area contributed by atoms with Crippen molar-refractivity contribution < 1.29 is 64.4 Å². The van der Waals surface area contributed by atoms with Crippen molar-refractivity contribution in [3.63, 3.8) is 0 Å². The van der Waals surface area contributed by atoms with Gasteiger partial charge in [0.05, 0.1) is 4.90 Å². The van der Waals surface area contributed by atoms with E-state index in [-0.39, 0.29) is 56.3 Å². The zero-order valence-electron chi connectivity index (χ0n) is 9.31. The van der Waals surface area contributed by atoms with Crippen molar-refractivity contribution in [2.45, 2.75) is 28.6 Å². The van der Waals surface area contributed by atoms with Crippen LogP contribution in [0.4, 0.5) is 0 Å². The maximum atomic E-state index is 10.7. The molecule has 0 heterocycles. The molecule has 1 rings (SSSR count). The molecule has 0 aliphatic heterocycles. The Morgan fingerprint density at radius 1 is 1.31 bits per heavy atom. The number of benzene rings is 1. The van der Waals surface area contributed by atoms with Gasteiger partial charge in [-0.15, -0.1) is 0 Å². The topological polar surface area (TPSA) is 57.2 Å². The first kappa shape index (κ1) is 17.5. The largest absolute Gasteiger partial charge is 1.00 e. The van der Waals surface area contributed by atoms with Gasteiger partial charge in [-0.05, 0) is 30.5 Å². The molecular weight excluding hydrogens is 366 g/mol. The number of hydrogen-bond donors (Lipinski definition) is 0. The summed E-state index contributed by atoms with van der Waals surface area (Å²) in [6.45, 7) is 2.10. The van der Waals surface area contributed by atoms with Crippen LogP contribution in [0.3, 0.4) is 0 Å². The van der Waals surface area contributed by atoms with E-state index in [4.69, 9.17) is 0 Å². The molecule has 1 unspecified atom stereocenters. The van der Waals surface area contributed by atoms with Crippen LogP contribution in [0.25, 0.3) is 0 Å². The first-order valence-corrected chi connectivity index (χ1v) is 7.27. The number of rotatable bonds is 4. The van der Waals surface area contributed by atoms with Gasteiger partial charge in [-0.1, -0.05) is 41.6 Å². The van der Waals surface area contributed by atoms with E-state index in [9.17, 15) is 13.0 Å². The third-order valence-corrected chi connectivity index (χ3v) is 4.28. The van der Waals surface area contributed by atoms with Crippen molar-refractivity contribution in [2.24, 2.45) is 0 Å². The quantitative estimate of drug-likeness (QED) is 0.303. The van der Waals surface area contributed by atoms with Crippen LogP contribution < -0.4 is 51.4 Å². The maximum Gasteiger partial charge on any atom is 1.00 e. The minimum absolute atomic E-state index is 0. The van der Waals surface area contributed by atoms with E-state index in [0.29, 0.717) is 3.92 Å². The molecule has 0 saturated carbocycles. The second-order valence-electron chi connectivity index (χ2n) is 3.31. The van der Waals surface area contributed by atoms with Crippen LogP contribution in [0.2, 0.25) is 0 Å². The predicted molar refractivity (Wildman–Crippen MR) is 66.2 cm³/mol. The molecule has 6 heteroatoms. The van der Waals surface area contributed by atoms with E-state index in [0.717, 1.165) is 18.4 Å². The minimum atomic E-state index is -4.31. The molecule has 1 atom stereocenters. The molecular formula is C10H12IKO3S. The predicted octanol–water partition coefficient (Wildman–Crippen LogP) is -0.649. The van der Waals surface area contributed by atoms with Gasteiger partial charge in [0.25, 0.3) is 0 Å². The Balaban J connectivity index is 0.00000225. The van der Waals surface area contributed by atoms with Crippen LogP contribution in [-0.4, -0.2) is 16.9 Å². The zero-order chi connectivity index (χ0) is 11.5. The summed E-state index contributed by atoms with van der Waals surface area (Å²) < 4.78 is 32.5. The Labute approximate surface area is 153 Å². The molecule has 0 radical (unpaired) electrons. The van der Waals surface area contributed by atoms with Crippen molar-refractivity contribution in [1.29, 1.82) is 0 Å². The van der Waals surface area contributed by atoms with Crippen molar-refractivity contribution >= 4 is 32.7 Å². The zero-order valence-corrected chi connectivity index (χ0v) is 15.4. The first-order valence-electron chi connectivity index (χ1n) is 4.62. The summed E-state index contributed by atoms with van der Waals surface area (Å²) >= 11 is 2.35. The number of alkyl halides is 1. The van der Waals surface area contributed by atoms with Crippen molar-refractivity contribution in [1.82, 2.24) is 0 Å². The van der Waals surface area contributed by atoms with Gasteiger partial charge in [-0.3, -0.25) is 0 Å². The molecule has 0 aliphatic rings. The molecule has 1 aromatic rings. The van der Waals surface area contributed by atoms with E-state index < -0.39 is 10.1 Å². The Kier molecular flexibility index (Phi) is 8.56. The van der Waals surface area contributed by atoms with Gasteiger partial charge in [0.15, 0.2) is 0 Å². The van der Waals surface area contributed by atoms with Crippen LogP contribution in [0, 0.1) is 0 Å². The smallest absolute Gasteiger partial charge is 0.744 e. The SMILES string of the molecule is CCC(I)Cc1ccc(S(=O)(=O)[O-])cc1.[K+]. The Morgan fingerprint density at radius 3 is 2.19 bits per heavy atom. The van der Waals surface area contributed by atoms with E-state index in [1.165, 1.54) is 12.1 Å². The van der Waals surface area contributed by atoms with E-state index in [1.807, 2.05) is 0 Å². The number of hydrogen-bond acceptors (Lipinski definition) is 3. The summed E-state index contributed by atoms with van der Waals surface area (Å²) in [6.07, 6.45) is 1.97.